The number of nitriles is 1. The summed E-state index contributed by atoms with van der Waals surface area (Å²) in [5, 5.41) is 17.6. The number of benzene rings is 1. The summed E-state index contributed by atoms with van der Waals surface area (Å²) < 4.78 is 41.6. The SMILES string of the molecule is COC(CC(O)C(F)(F)F)c1ccc(C#N)cc1. The molecular weight excluding hydrogens is 247 g/mol. The highest BCUT2D eigenvalue weighted by Crippen LogP contribution is 2.30. The lowest BCUT2D eigenvalue weighted by molar-refractivity contribution is -0.212. The summed E-state index contributed by atoms with van der Waals surface area (Å²) in [6.45, 7) is 0. The number of alkyl halides is 3. The van der Waals surface area contributed by atoms with E-state index in [2.05, 4.69) is 0 Å². The number of halogens is 3. The monoisotopic (exact) mass is 259 g/mol. The molecule has 0 aliphatic carbocycles. The second-order valence-electron chi connectivity index (χ2n) is 3.75. The van der Waals surface area contributed by atoms with Gasteiger partial charge in [-0.15, -0.1) is 0 Å². The van der Waals surface area contributed by atoms with Crippen LogP contribution in [0.25, 0.3) is 0 Å². The fraction of sp³-hybridized carbons (Fsp3) is 0.417. The zero-order chi connectivity index (χ0) is 13.8. The Morgan fingerprint density at radius 1 is 1.33 bits per heavy atom. The molecule has 0 spiro atoms. The van der Waals surface area contributed by atoms with E-state index in [0.29, 0.717) is 11.1 Å². The van der Waals surface area contributed by atoms with Gasteiger partial charge >= 0.3 is 6.18 Å². The number of rotatable bonds is 4. The van der Waals surface area contributed by atoms with Gasteiger partial charge in [-0.05, 0) is 17.7 Å². The second kappa shape index (κ2) is 5.85. The Kier molecular flexibility index (Phi) is 4.70. The first-order valence-corrected chi connectivity index (χ1v) is 5.16. The van der Waals surface area contributed by atoms with Gasteiger partial charge < -0.3 is 9.84 Å². The van der Waals surface area contributed by atoms with Crippen LogP contribution >= 0.6 is 0 Å². The van der Waals surface area contributed by atoms with Crippen LogP contribution in [0.3, 0.4) is 0 Å². The molecule has 0 aliphatic heterocycles. The van der Waals surface area contributed by atoms with Crippen LogP contribution in [-0.4, -0.2) is 24.5 Å². The van der Waals surface area contributed by atoms with E-state index in [4.69, 9.17) is 15.1 Å². The van der Waals surface area contributed by atoms with E-state index in [1.807, 2.05) is 6.07 Å². The van der Waals surface area contributed by atoms with Gasteiger partial charge in [0.2, 0.25) is 0 Å². The van der Waals surface area contributed by atoms with Gasteiger partial charge in [0.1, 0.15) is 0 Å². The maximum absolute atomic E-state index is 12.2. The average Bonchev–Trinajstić information content (AvgIpc) is 2.34. The van der Waals surface area contributed by atoms with Crippen LogP contribution in [0.15, 0.2) is 24.3 Å². The molecule has 0 heterocycles. The maximum Gasteiger partial charge on any atom is 0.414 e. The smallest absolute Gasteiger partial charge is 0.384 e. The molecule has 6 heteroatoms. The van der Waals surface area contributed by atoms with Crippen LogP contribution in [0, 0.1) is 11.3 Å². The van der Waals surface area contributed by atoms with Crippen molar-refractivity contribution in [3.8, 4) is 6.07 Å². The van der Waals surface area contributed by atoms with Gasteiger partial charge in [-0.3, -0.25) is 0 Å². The van der Waals surface area contributed by atoms with Crippen molar-refractivity contribution >= 4 is 0 Å². The van der Waals surface area contributed by atoms with Gasteiger partial charge in [0, 0.05) is 13.5 Å². The second-order valence-corrected chi connectivity index (χ2v) is 3.75. The molecule has 0 radical (unpaired) electrons. The van der Waals surface area contributed by atoms with Crippen LogP contribution in [0.1, 0.15) is 23.7 Å². The average molecular weight is 259 g/mol. The zero-order valence-corrected chi connectivity index (χ0v) is 9.61. The summed E-state index contributed by atoms with van der Waals surface area (Å²) in [5.41, 5.74) is 0.893. The highest BCUT2D eigenvalue weighted by atomic mass is 19.4. The lowest BCUT2D eigenvalue weighted by Gasteiger charge is -2.21. The van der Waals surface area contributed by atoms with Crippen molar-refractivity contribution in [2.45, 2.75) is 24.8 Å². The summed E-state index contributed by atoms with van der Waals surface area (Å²) in [5.74, 6) is 0. The van der Waals surface area contributed by atoms with Gasteiger partial charge in [0.05, 0.1) is 17.7 Å². The van der Waals surface area contributed by atoms with Gasteiger partial charge in [0.25, 0.3) is 0 Å². The van der Waals surface area contributed by atoms with Crippen molar-refractivity contribution in [3.05, 3.63) is 35.4 Å². The first-order valence-electron chi connectivity index (χ1n) is 5.16. The van der Waals surface area contributed by atoms with Crippen molar-refractivity contribution in [2.24, 2.45) is 0 Å². The minimum absolute atomic E-state index is 0.407. The van der Waals surface area contributed by atoms with E-state index in [1.54, 1.807) is 0 Å². The predicted octanol–water partition coefficient (Wildman–Crippen LogP) is 2.56. The van der Waals surface area contributed by atoms with Gasteiger partial charge in [-0.25, -0.2) is 0 Å². The fourth-order valence-corrected chi connectivity index (χ4v) is 1.48. The number of aliphatic hydroxyl groups is 1. The maximum atomic E-state index is 12.2. The summed E-state index contributed by atoms with van der Waals surface area (Å²) in [6, 6.07) is 7.90. The third-order valence-electron chi connectivity index (χ3n) is 2.51. The molecule has 0 saturated heterocycles. The van der Waals surface area contributed by atoms with E-state index in [9.17, 15) is 13.2 Å². The Balaban J connectivity index is 2.80. The molecule has 98 valence electrons. The van der Waals surface area contributed by atoms with Gasteiger partial charge in [-0.1, -0.05) is 12.1 Å². The molecule has 0 amide bonds. The normalized spacial score (nSPS) is 14.9. The highest BCUT2D eigenvalue weighted by molar-refractivity contribution is 5.32. The van der Waals surface area contributed by atoms with E-state index in [1.165, 1.54) is 31.4 Å². The molecule has 1 rings (SSSR count). The Hall–Kier alpha value is -1.58. The van der Waals surface area contributed by atoms with Crippen molar-refractivity contribution < 1.29 is 23.0 Å². The fourth-order valence-electron chi connectivity index (χ4n) is 1.48. The Bertz CT molecular complexity index is 422. The van der Waals surface area contributed by atoms with E-state index >= 15 is 0 Å². The molecule has 1 N–H and O–H groups in total. The molecule has 0 fully saturated rings. The predicted molar refractivity (Wildman–Crippen MR) is 57.6 cm³/mol. The number of nitrogens with zero attached hydrogens (tertiary/aromatic N) is 1. The number of hydrogen-bond acceptors (Lipinski definition) is 3. The molecule has 0 aliphatic rings. The summed E-state index contributed by atoms with van der Waals surface area (Å²) >= 11 is 0. The summed E-state index contributed by atoms with van der Waals surface area (Å²) in [6.07, 6.45) is -8.54. The van der Waals surface area contributed by atoms with Crippen molar-refractivity contribution in [1.82, 2.24) is 0 Å². The topological polar surface area (TPSA) is 53.2 Å². The quantitative estimate of drug-likeness (QED) is 0.904. The van der Waals surface area contributed by atoms with Crippen LogP contribution in [0.5, 0.6) is 0 Å². The molecule has 0 aromatic heterocycles. The minimum Gasteiger partial charge on any atom is -0.384 e. The summed E-state index contributed by atoms with van der Waals surface area (Å²) in [4.78, 5) is 0. The third-order valence-corrected chi connectivity index (χ3v) is 2.51. The molecule has 18 heavy (non-hydrogen) atoms. The zero-order valence-electron chi connectivity index (χ0n) is 9.61. The molecule has 1 aromatic rings. The van der Waals surface area contributed by atoms with Crippen LogP contribution in [0.2, 0.25) is 0 Å². The van der Waals surface area contributed by atoms with Crippen molar-refractivity contribution in [2.75, 3.05) is 7.11 Å². The Morgan fingerprint density at radius 3 is 2.28 bits per heavy atom. The van der Waals surface area contributed by atoms with Crippen molar-refractivity contribution in [1.29, 1.82) is 5.26 Å². The van der Waals surface area contributed by atoms with Crippen LogP contribution < -0.4 is 0 Å². The molecule has 0 saturated carbocycles. The molecule has 3 nitrogen and oxygen atoms in total. The highest BCUT2D eigenvalue weighted by Gasteiger charge is 2.39. The van der Waals surface area contributed by atoms with E-state index in [0.717, 1.165) is 0 Å². The number of hydrogen-bond donors (Lipinski definition) is 1. The molecule has 0 bridgehead atoms. The minimum atomic E-state index is -4.66. The van der Waals surface area contributed by atoms with E-state index < -0.39 is 24.8 Å². The number of aliphatic hydroxyl groups excluding tert-OH is 1. The Labute approximate surface area is 102 Å². The largest absolute Gasteiger partial charge is 0.414 e. The van der Waals surface area contributed by atoms with E-state index in [-0.39, 0.29) is 0 Å². The van der Waals surface area contributed by atoms with Crippen LogP contribution in [0.4, 0.5) is 13.2 Å². The standard InChI is InChI=1S/C12H12F3NO2/c1-18-10(6-11(17)12(13,14)15)9-4-2-8(7-16)3-5-9/h2-5,10-11,17H,6H2,1H3. The number of ether oxygens (including phenoxy) is 1. The van der Waals surface area contributed by atoms with Crippen LogP contribution in [-0.2, 0) is 4.74 Å². The van der Waals surface area contributed by atoms with Crippen molar-refractivity contribution in [3.63, 3.8) is 0 Å². The first-order chi connectivity index (χ1) is 8.38. The lowest BCUT2D eigenvalue weighted by atomic mass is 10.0. The molecular formula is C12H12F3NO2. The molecule has 1 aromatic carbocycles. The van der Waals surface area contributed by atoms with Gasteiger partial charge in [-0.2, -0.15) is 18.4 Å². The molecule has 2 atom stereocenters. The molecule has 2 unspecified atom stereocenters. The van der Waals surface area contributed by atoms with Gasteiger partial charge in [0.15, 0.2) is 6.10 Å². The summed E-state index contributed by atoms with van der Waals surface area (Å²) in [7, 11) is 1.27. The first kappa shape index (κ1) is 14.5. The Morgan fingerprint density at radius 2 is 1.89 bits per heavy atom. The third kappa shape index (κ3) is 3.72. The lowest BCUT2D eigenvalue weighted by Crippen LogP contribution is -2.30. The number of methoxy groups -OCH3 is 1.